The van der Waals surface area contributed by atoms with Gasteiger partial charge in [-0.05, 0) is 97.0 Å². The van der Waals surface area contributed by atoms with Crippen molar-refractivity contribution in [2.75, 3.05) is 0 Å². The number of allylic oxidation sites excluding steroid dienone is 2. The monoisotopic (exact) mass is 913 g/mol. The summed E-state index contributed by atoms with van der Waals surface area (Å²) in [4.78, 5) is 4.83. The van der Waals surface area contributed by atoms with Crippen molar-refractivity contribution in [2.45, 2.75) is 107 Å². The van der Waals surface area contributed by atoms with Gasteiger partial charge in [-0.25, -0.2) is 4.98 Å². The molecule has 3 heterocycles. The predicted molar refractivity (Wildman–Crippen MR) is 224 cm³/mol. The number of fused-ring (bicyclic) bond motifs is 3. The first-order valence-corrected chi connectivity index (χ1v) is 20.3. The summed E-state index contributed by atoms with van der Waals surface area (Å²) in [7, 11) is 0. The molecule has 55 heavy (non-hydrogen) atoms. The second-order valence-electron chi connectivity index (χ2n) is 17.0. The van der Waals surface area contributed by atoms with Crippen LogP contribution in [0.25, 0.3) is 33.3 Å². The average Bonchev–Trinajstić information content (AvgIpc) is 3.63. The van der Waals surface area contributed by atoms with Gasteiger partial charge in [0.1, 0.15) is 5.82 Å². The van der Waals surface area contributed by atoms with Crippen molar-refractivity contribution in [3.63, 3.8) is 0 Å². The second-order valence-corrected chi connectivity index (χ2v) is 17.0. The third-order valence-electron chi connectivity index (χ3n) is 11.9. The maximum Gasteiger partial charge on any atom is 2.00 e. The van der Waals surface area contributed by atoms with Crippen molar-refractivity contribution in [1.29, 1.82) is 0 Å². The minimum atomic E-state index is 0. The van der Waals surface area contributed by atoms with Crippen LogP contribution in [0, 0.1) is 55.6 Å². The summed E-state index contributed by atoms with van der Waals surface area (Å²) in [6, 6.07) is 28.6. The SMILES string of the molecule is CCCc1ccnc(-n2c3[c-]c(Oc4[c-]c(-n5nc(C)c(C6C(C(C)C)=C[C@H](C(C)C)C[C@@H]6C(C)C)c5C)cc(C(C)C)c4)ccc3c3ccccc32)c1.[Pt+2]. The molecule has 0 amide bonds. The van der Waals surface area contributed by atoms with Crippen LogP contribution in [0.4, 0.5) is 0 Å². The zero-order chi connectivity index (χ0) is 38.4. The zero-order valence-corrected chi connectivity index (χ0v) is 36.9. The summed E-state index contributed by atoms with van der Waals surface area (Å²) >= 11 is 0. The Balaban J connectivity index is 0.00000514. The summed E-state index contributed by atoms with van der Waals surface area (Å²) in [6.07, 6.45) is 7.85. The molecule has 7 rings (SSSR count). The van der Waals surface area contributed by atoms with Gasteiger partial charge in [0.15, 0.2) is 0 Å². The molecular formula is C49H58N4OPt. The summed E-state index contributed by atoms with van der Waals surface area (Å²) in [5.74, 6) is 5.68. The molecule has 0 N–H and O–H groups in total. The molecule has 3 aromatic heterocycles. The number of para-hydroxylation sites is 1. The van der Waals surface area contributed by atoms with E-state index in [1.165, 1.54) is 34.2 Å². The van der Waals surface area contributed by atoms with Gasteiger partial charge >= 0.3 is 21.1 Å². The Bertz CT molecular complexity index is 2320. The molecule has 0 saturated carbocycles. The molecule has 1 aliphatic carbocycles. The molecule has 0 bridgehead atoms. The Kier molecular flexibility index (Phi) is 12.3. The van der Waals surface area contributed by atoms with Gasteiger partial charge in [0.25, 0.3) is 0 Å². The van der Waals surface area contributed by atoms with E-state index in [0.29, 0.717) is 52.9 Å². The van der Waals surface area contributed by atoms with Gasteiger partial charge in [0, 0.05) is 40.4 Å². The average molecular weight is 914 g/mol. The van der Waals surface area contributed by atoms with Gasteiger partial charge in [0.2, 0.25) is 0 Å². The number of rotatable bonds is 11. The second kappa shape index (κ2) is 16.6. The molecule has 6 aromatic rings. The zero-order valence-electron chi connectivity index (χ0n) is 34.6. The van der Waals surface area contributed by atoms with Crippen LogP contribution in [0.1, 0.15) is 115 Å². The minimum Gasteiger partial charge on any atom is -0.509 e. The van der Waals surface area contributed by atoms with Crippen LogP contribution in [-0.2, 0) is 27.5 Å². The number of hydrogen-bond donors (Lipinski definition) is 0. The Morgan fingerprint density at radius 2 is 1.60 bits per heavy atom. The predicted octanol–water partition coefficient (Wildman–Crippen LogP) is 13.1. The molecule has 3 atom stereocenters. The Hall–Kier alpha value is -3.95. The Morgan fingerprint density at radius 1 is 0.836 bits per heavy atom. The first kappa shape index (κ1) is 40.7. The molecule has 0 radical (unpaired) electrons. The fourth-order valence-corrected chi connectivity index (χ4v) is 8.88. The van der Waals surface area contributed by atoms with Crippen LogP contribution >= 0.6 is 0 Å². The van der Waals surface area contributed by atoms with Crippen LogP contribution < -0.4 is 4.74 Å². The fraction of sp³-hybridized carbons (Fsp3) is 0.429. The van der Waals surface area contributed by atoms with Gasteiger partial charge < -0.3 is 9.30 Å². The molecule has 5 nitrogen and oxygen atoms in total. The molecule has 6 heteroatoms. The van der Waals surface area contributed by atoms with E-state index < -0.39 is 0 Å². The standard InChI is InChI=1S/C49H58N4O.Pt/c1-12-15-35-20-21-50-47(22-35)52-45-17-14-13-16-41(45)42-19-18-39(28-46(42)52)54-40-24-36(29(2)3)23-38(27-40)53-34(11)48(33(10)51-53)49-43(31(6)7)25-37(30(4)5)26-44(49)32(8)9;/h13-14,16-25,29-32,37,44,49H,12,15,26H2,1-11H3;/q-2;+2/t37-,44+,49?;/m0./s1. The van der Waals surface area contributed by atoms with Gasteiger partial charge in [-0.3, -0.25) is 4.68 Å². The van der Waals surface area contributed by atoms with Crippen molar-refractivity contribution in [3.05, 3.63) is 119 Å². The van der Waals surface area contributed by atoms with E-state index in [0.717, 1.165) is 46.5 Å². The minimum absolute atomic E-state index is 0. The van der Waals surface area contributed by atoms with Crippen LogP contribution in [0.5, 0.6) is 11.5 Å². The number of hydrogen-bond acceptors (Lipinski definition) is 3. The fourth-order valence-electron chi connectivity index (χ4n) is 8.88. The van der Waals surface area contributed by atoms with Crippen LogP contribution in [0.3, 0.4) is 0 Å². The van der Waals surface area contributed by atoms with E-state index in [-0.39, 0.29) is 21.1 Å². The first-order chi connectivity index (χ1) is 25.9. The van der Waals surface area contributed by atoms with Crippen molar-refractivity contribution >= 4 is 21.8 Å². The molecule has 1 unspecified atom stereocenters. The maximum absolute atomic E-state index is 6.72. The van der Waals surface area contributed by atoms with Gasteiger partial charge in [-0.15, -0.1) is 41.3 Å². The number of nitrogens with zero attached hydrogens (tertiary/aromatic N) is 4. The van der Waals surface area contributed by atoms with Crippen molar-refractivity contribution in [1.82, 2.24) is 19.3 Å². The molecule has 0 saturated heterocycles. The quantitative estimate of drug-likeness (QED) is 0.0961. The molecule has 290 valence electrons. The van der Waals surface area contributed by atoms with Crippen molar-refractivity contribution < 1.29 is 25.8 Å². The van der Waals surface area contributed by atoms with Crippen LogP contribution in [-0.4, -0.2) is 19.3 Å². The topological polar surface area (TPSA) is 44.9 Å². The molecule has 1 aliphatic rings. The van der Waals surface area contributed by atoms with E-state index in [1.807, 2.05) is 12.3 Å². The smallest absolute Gasteiger partial charge is 0.509 e. The first-order valence-electron chi connectivity index (χ1n) is 20.3. The largest absolute Gasteiger partial charge is 2.00 e. The van der Waals surface area contributed by atoms with E-state index in [2.05, 4.69) is 158 Å². The van der Waals surface area contributed by atoms with E-state index in [1.54, 1.807) is 5.57 Å². The number of benzene rings is 3. The number of aryl methyl sites for hydroxylation is 2. The van der Waals surface area contributed by atoms with E-state index in [9.17, 15) is 0 Å². The van der Waals surface area contributed by atoms with Crippen LogP contribution in [0.15, 0.2) is 78.5 Å². The van der Waals surface area contributed by atoms with Gasteiger partial charge in [-0.1, -0.05) is 104 Å². The molecule has 0 fully saturated rings. The number of ether oxygens (including phenoxy) is 1. The van der Waals surface area contributed by atoms with E-state index in [4.69, 9.17) is 14.8 Å². The van der Waals surface area contributed by atoms with Crippen molar-refractivity contribution in [3.8, 4) is 23.0 Å². The normalized spacial score (nSPS) is 17.5. The Labute approximate surface area is 343 Å². The van der Waals surface area contributed by atoms with Crippen molar-refractivity contribution in [2.24, 2.45) is 29.6 Å². The summed E-state index contributed by atoms with van der Waals surface area (Å²) in [5, 5.41) is 7.55. The maximum atomic E-state index is 6.72. The number of pyridine rings is 1. The van der Waals surface area contributed by atoms with Gasteiger partial charge in [0.05, 0.1) is 5.69 Å². The van der Waals surface area contributed by atoms with Crippen LogP contribution in [0.2, 0.25) is 0 Å². The molecule has 0 spiro atoms. The summed E-state index contributed by atoms with van der Waals surface area (Å²) < 4.78 is 11.1. The summed E-state index contributed by atoms with van der Waals surface area (Å²) in [6.45, 7) is 25.4. The molecule has 3 aromatic carbocycles. The Morgan fingerprint density at radius 3 is 2.29 bits per heavy atom. The van der Waals surface area contributed by atoms with Gasteiger partial charge in [-0.2, -0.15) is 11.2 Å². The summed E-state index contributed by atoms with van der Waals surface area (Å²) in [5.41, 5.74) is 10.7. The van der Waals surface area contributed by atoms with E-state index >= 15 is 0 Å². The third kappa shape index (κ3) is 7.89. The molecule has 0 aliphatic heterocycles. The number of aromatic nitrogens is 4. The molecular weight excluding hydrogens is 856 g/mol. The third-order valence-corrected chi connectivity index (χ3v) is 11.9.